The van der Waals surface area contributed by atoms with Crippen molar-refractivity contribution in [2.45, 2.75) is 6.92 Å². The predicted molar refractivity (Wildman–Crippen MR) is 120 cm³/mol. The molecule has 0 saturated carbocycles. The highest BCUT2D eigenvalue weighted by Crippen LogP contribution is 2.32. The van der Waals surface area contributed by atoms with Crippen LogP contribution in [0.1, 0.15) is 5.56 Å². The lowest BCUT2D eigenvalue weighted by Crippen LogP contribution is -2.37. The number of ether oxygens (including phenoxy) is 1. The number of aromatic nitrogens is 6. The molecule has 1 aromatic carbocycles. The molecule has 1 aliphatic rings. The third-order valence-corrected chi connectivity index (χ3v) is 5.49. The summed E-state index contributed by atoms with van der Waals surface area (Å²) in [5.74, 6) is 2.49. The molecule has 32 heavy (non-hydrogen) atoms. The fraction of sp³-hybridized carbons (Fsp3) is 0.217. The van der Waals surface area contributed by atoms with E-state index in [1.54, 1.807) is 17.1 Å². The van der Waals surface area contributed by atoms with Crippen molar-refractivity contribution in [2.75, 3.05) is 31.2 Å². The summed E-state index contributed by atoms with van der Waals surface area (Å²) in [5, 5.41) is 4.74. The Morgan fingerprint density at radius 2 is 1.97 bits per heavy atom. The van der Waals surface area contributed by atoms with Crippen LogP contribution in [0.5, 0.6) is 0 Å². The summed E-state index contributed by atoms with van der Waals surface area (Å²) in [4.78, 5) is 19.1. The summed E-state index contributed by atoms with van der Waals surface area (Å²) >= 11 is 0. The SMILES string of the molecule is Cc1cccc(-c2ccn(-c3nc(N4CCOCC4)c4oc(-c5ncc[nH]5)cc4n3)n2)c1. The smallest absolute Gasteiger partial charge is 0.253 e. The second-order valence-corrected chi connectivity index (χ2v) is 7.72. The Morgan fingerprint density at radius 1 is 1.06 bits per heavy atom. The molecular weight excluding hydrogens is 406 g/mol. The molecule has 160 valence electrons. The van der Waals surface area contributed by atoms with Crippen LogP contribution >= 0.6 is 0 Å². The number of H-pyrrole nitrogens is 1. The Kier molecular flexibility index (Phi) is 4.46. The minimum Gasteiger partial charge on any atom is -0.447 e. The lowest BCUT2D eigenvalue weighted by atomic mass is 10.1. The third kappa shape index (κ3) is 3.32. The van der Waals surface area contributed by atoms with E-state index in [2.05, 4.69) is 40.0 Å². The average molecular weight is 427 g/mol. The molecule has 4 aromatic heterocycles. The second-order valence-electron chi connectivity index (χ2n) is 7.72. The van der Waals surface area contributed by atoms with E-state index in [9.17, 15) is 0 Å². The van der Waals surface area contributed by atoms with Gasteiger partial charge in [-0.1, -0.05) is 23.8 Å². The van der Waals surface area contributed by atoms with E-state index in [-0.39, 0.29) is 0 Å². The Morgan fingerprint density at radius 3 is 2.78 bits per heavy atom. The van der Waals surface area contributed by atoms with Crippen LogP contribution in [0, 0.1) is 6.92 Å². The Labute approximate surface area is 183 Å². The Hall–Kier alpha value is -3.98. The van der Waals surface area contributed by atoms with Gasteiger partial charge in [-0.3, -0.25) is 0 Å². The Balaban J connectivity index is 1.47. The minimum atomic E-state index is 0.490. The molecule has 0 bridgehead atoms. The van der Waals surface area contributed by atoms with E-state index >= 15 is 0 Å². The van der Waals surface area contributed by atoms with Crippen molar-refractivity contribution in [1.82, 2.24) is 29.7 Å². The maximum absolute atomic E-state index is 6.14. The molecule has 5 aromatic rings. The van der Waals surface area contributed by atoms with Crippen LogP contribution in [0.25, 0.3) is 39.9 Å². The van der Waals surface area contributed by atoms with Gasteiger partial charge in [0.05, 0.1) is 18.9 Å². The van der Waals surface area contributed by atoms with E-state index in [4.69, 9.17) is 24.2 Å². The summed E-state index contributed by atoms with van der Waals surface area (Å²) < 4.78 is 13.4. The van der Waals surface area contributed by atoms with Crippen LogP contribution in [0.2, 0.25) is 0 Å². The van der Waals surface area contributed by atoms with Crippen LogP contribution in [-0.4, -0.2) is 56.0 Å². The molecule has 0 spiro atoms. The molecular formula is C23H21N7O2. The van der Waals surface area contributed by atoms with Gasteiger partial charge in [0.25, 0.3) is 5.95 Å². The lowest BCUT2D eigenvalue weighted by molar-refractivity contribution is 0.122. The number of nitrogens with zero attached hydrogens (tertiary/aromatic N) is 6. The molecule has 1 saturated heterocycles. The average Bonchev–Trinajstić information content (AvgIpc) is 3.59. The van der Waals surface area contributed by atoms with Crippen LogP contribution in [0.15, 0.2) is 59.4 Å². The number of anilines is 1. The van der Waals surface area contributed by atoms with Crippen molar-refractivity contribution in [3.05, 3.63) is 60.6 Å². The molecule has 1 fully saturated rings. The van der Waals surface area contributed by atoms with Crippen molar-refractivity contribution in [3.8, 4) is 28.8 Å². The third-order valence-electron chi connectivity index (χ3n) is 5.49. The molecule has 0 unspecified atom stereocenters. The summed E-state index contributed by atoms with van der Waals surface area (Å²) in [6.45, 7) is 4.82. The highest BCUT2D eigenvalue weighted by molar-refractivity contribution is 5.88. The van der Waals surface area contributed by atoms with Crippen LogP contribution < -0.4 is 4.90 Å². The number of aryl methyl sites for hydroxylation is 1. The number of imidazole rings is 1. The predicted octanol–water partition coefficient (Wildman–Crippen LogP) is 3.61. The highest BCUT2D eigenvalue weighted by atomic mass is 16.5. The van der Waals surface area contributed by atoms with E-state index in [0.29, 0.717) is 41.8 Å². The first kappa shape index (κ1) is 18.8. The van der Waals surface area contributed by atoms with Crippen molar-refractivity contribution in [1.29, 1.82) is 0 Å². The Bertz CT molecular complexity index is 1380. The van der Waals surface area contributed by atoms with E-state index in [1.165, 1.54) is 5.56 Å². The molecule has 0 radical (unpaired) electrons. The molecule has 5 heterocycles. The number of hydrogen-bond donors (Lipinski definition) is 1. The van der Waals surface area contributed by atoms with Crippen LogP contribution in [0.4, 0.5) is 5.82 Å². The van der Waals surface area contributed by atoms with Gasteiger partial charge in [0.15, 0.2) is 23.0 Å². The van der Waals surface area contributed by atoms with E-state index < -0.39 is 0 Å². The van der Waals surface area contributed by atoms with Gasteiger partial charge in [-0.2, -0.15) is 10.1 Å². The highest BCUT2D eigenvalue weighted by Gasteiger charge is 2.22. The number of hydrogen-bond acceptors (Lipinski definition) is 7. The van der Waals surface area contributed by atoms with Gasteiger partial charge in [0.2, 0.25) is 0 Å². The van der Waals surface area contributed by atoms with E-state index in [0.717, 1.165) is 30.2 Å². The largest absolute Gasteiger partial charge is 0.447 e. The molecule has 9 nitrogen and oxygen atoms in total. The molecule has 9 heteroatoms. The van der Waals surface area contributed by atoms with Crippen LogP contribution in [0.3, 0.4) is 0 Å². The fourth-order valence-electron chi connectivity index (χ4n) is 3.91. The summed E-state index contributed by atoms with van der Waals surface area (Å²) in [6.07, 6.45) is 5.34. The quantitative estimate of drug-likeness (QED) is 0.468. The molecule has 0 amide bonds. The number of rotatable bonds is 4. The maximum atomic E-state index is 6.14. The second kappa shape index (κ2) is 7.61. The molecule has 0 atom stereocenters. The molecule has 1 N–H and O–H groups in total. The molecule has 6 rings (SSSR count). The van der Waals surface area contributed by atoms with Gasteiger partial charge >= 0.3 is 0 Å². The first-order valence-corrected chi connectivity index (χ1v) is 10.5. The van der Waals surface area contributed by atoms with Crippen molar-refractivity contribution in [3.63, 3.8) is 0 Å². The first-order valence-electron chi connectivity index (χ1n) is 10.5. The summed E-state index contributed by atoms with van der Waals surface area (Å²) in [6, 6.07) is 12.1. The monoisotopic (exact) mass is 427 g/mol. The number of fused-ring (bicyclic) bond motifs is 1. The maximum Gasteiger partial charge on any atom is 0.253 e. The summed E-state index contributed by atoms with van der Waals surface area (Å²) in [5.41, 5.74) is 4.45. The van der Waals surface area contributed by atoms with Gasteiger partial charge < -0.3 is 19.0 Å². The van der Waals surface area contributed by atoms with Crippen LogP contribution in [-0.2, 0) is 4.74 Å². The van der Waals surface area contributed by atoms with Gasteiger partial charge in [0.1, 0.15) is 5.52 Å². The zero-order chi connectivity index (χ0) is 21.5. The fourth-order valence-corrected chi connectivity index (χ4v) is 3.91. The number of nitrogens with one attached hydrogen (secondary N) is 1. The van der Waals surface area contributed by atoms with Gasteiger partial charge in [-0.15, -0.1) is 0 Å². The topological polar surface area (TPSA) is 97.9 Å². The lowest BCUT2D eigenvalue weighted by Gasteiger charge is -2.27. The van der Waals surface area contributed by atoms with Gasteiger partial charge in [-0.25, -0.2) is 14.6 Å². The molecule has 0 aliphatic carbocycles. The zero-order valence-electron chi connectivity index (χ0n) is 17.5. The normalized spacial score (nSPS) is 14.3. The van der Waals surface area contributed by atoms with Crippen molar-refractivity contribution >= 4 is 16.9 Å². The standard InChI is InChI=1S/C23H21N7O2/c1-15-3-2-4-16(13-15)17-5-8-30(28-17)23-26-18-14-19(21-24-6-7-25-21)32-20(18)22(27-23)29-9-11-31-12-10-29/h2-8,13-14H,9-12H2,1H3,(H,24,25). The number of furan rings is 1. The zero-order valence-corrected chi connectivity index (χ0v) is 17.5. The first-order chi connectivity index (χ1) is 15.7. The van der Waals surface area contributed by atoms with Gasteiger partial charge in [0, 0.05) is 43.3 Å². The minimum absolute atomic E-state index is 0.490. The number of aromatic amines is 1. The van der Waals surface area contributed by atoms with Crippen molar-refractivity contribution < 1.29 is 9.15 Å². The van der Waals surface area contributed by atoms with E-state index in [1.807, 2.05) is 24.4 Å². The number of benzene rings is 1. The summed E-state index contributed by atoms with van der Waals surface area (Å²) in [7, 11) is 0. The van der Waals surface area contributed by atoms with Crippen molar-refractivity contribution in [2.24, 2.45) is 0 Å². The van der Waals surface area contributed by atoms with Gasteiger partial charge in [-0.05, 0) is 19.1 Å². The number of morpholine rings is 1. The molecule has 1 aliphatic heterocycles.